The quantitative estimate of drug-likeness (QED) is 0.786. The van der Waals surface area contributed by atoms with E-state index in [1.54, 1.807) is 0 Å². The molecule has 4 rings (SSSR count). The highest BCUT2D eigenvalue weighted by Gasteiger charge is 2.52. The van der Waals surface area contributed by atoms with Crippen molar-refractivity contribution in [2.45, 2.75) is 44.6 Å². The lowest BCUT2D eigenvalue weighted by Crippen LogP contribution is -2.51. The van der Waals surface area contributed by atoms with E-state index in [0.29, 0.717) is 18.5 Å². The van der Waals surface area contributed by atoms with Crippen molar-refractivity contribution < 1.29 is 14.4 Å². The van der Waals surface area contributed by atoms with Crippen LogP contribution in [0.3, 0.4) is 0 Å². The van der Waals surface area contributed by atoms with Gasteiger partial charge in [-0.05, 0) is 41.5 Å². The van der Waals surface area contributed by atoms with E-state index in [-0.39, 0.29) is 24.3 Å². The van der Waals surface area contributed by atoms with Gasteiger partial charge in [-0.25, -0.2) is 4.79 Å². The third-order valence-electron chi connectivity index (χ3n) is 5.84. The average Bonchev–Trinajstić information content (AvgIpc) is 2.92. The molecular formula is C23H25N3O3. The Morgan fingerprint density at radius 2 is 1.79 bits per heavy atom. The molecule has 0 aromatic heterocycles. The topological polar surface area (TPSA) is 78.5 Å². The summed E-state index contributed by atoms with van der Waals surface area (Å²) >= 11 is 0. The minimum absolute atomic E-state index is 0.244. The molecule has 1 aliphatic carbocycles. The van der Waals surface area contributed by atoms with Crippen LogP contribution in [0.2, 0.25) is 0 Å². The molecule has 1 fully saturated rings. The number of hydrogen-bond acceptors (Lipinski definition) is 3. The number of rotatable bonds is 4. The smallest absolute Gasteiger partial charge is 0.324 e. The normalized spacial score (nSPS) is 20.7. The van der Waals surface area contributed by atoms with Crippen LogP contribution in [-0.2, 0) is 22.4 Å². The van der Waals surface area contributed by atoms with E-state index < -0.39 is 11.6 Å². The Balaban J connectivity index is 1.49. The number of carbonyl (C=O) groups is 3. The first-order chi connectivity index (χ1) is 13.9. The van der Waals surface area contributed by atoms with E-state index in [4.69, 9.17) is 0 Å². The number of para-hydroxylation sites is 1. The van der Waals surface area contributed by atoms with Gasteiger partial charge in [0.25, 0.3) is 5.91 Å². The number of nitrogens with zero attached hydrogens (tertiary/aromatic N) is 1. The van der Waals surface area contributed by atoms with Crippen LogP contribution >= 0.6 is 0 Å². The molecule has 2 N–H and O–H groups in total. The maximum atomic E-state index is 13.1. The average molecular weight is 391 g/mol. The summed E-state index contributed by atoms with van der Waals surface area (Å²) in [6.45, 7) is 3.81. The van der Waals surface area contributed by atoms with Gasteiger partial charge < -0.3 is 10.6 Å². The third kappa shape index (κ3) is 3.50. The zero-order valence-corrected chi connectivity index (χ0v) is 16.7. The summed E-state index contributed by atoms with van der Waals surface area (Å²) in [6.07, 6.45) is 1.73. The van der Waals surface area contributed by atoms with Crippen LogP contribution in [0.5, 0.6) is 0 Å². The number of urea groups is 1. The largest absolute Gasteiger partial charge is 0.325 e. The molecule has 6 nitrogen and oxygen atoms in total. The molecule has 2 aromatic rings. The highest BCUT2D eigenvalue weighted by atomic mass is 16.2. The first kappa shape index (κ1) is 19.2. The summed E-state index contributed by atoms with van der Waals surface area (Å²) in [5.74, 6) is -0.451. The van der Waals surface area contributed by atoms with Crippen LogP contribution < -0.4 is 10.6 Å². The Morgan fingerprint density at radius 3 is 2.55 bits per heavy atom. The SMILES string of the molecule is CC(C)c1ccccc1NC(=O)CN1C(=O)NC2(CCc3ccccc3C2)C1=O. The van der Waals surface area contributed by atoms with Crippen molar-refractivity contribution in [1.29, 1.82) is 0 Å². The molecular weight excluding hydrogens is 366 g/mol. The number of anilines is 1. The number of nitrogens with one attached hydrogen (secondary N) is 2. The van der Waals surface area contributed by atoms with Gasteiger partial charge in [-0.2, -0.15) is 0 Å². The van der Waals surface area contributed by atoms with Gasteiger partial charge in [-0.1, -0.05) is 56.3 Å². The summed E-state index contributed by atoms with van der Waals surface area (Å²) in [5, 5.41) is 5.72. The summed E-state index contributed by atoms with van der Waals surface area (Å²) in [4.78, 5) is 39.3. The Hall–Kier alpha value is -3.15. The number of amides is 4. The number of hydrogen-bond donors (Lipinski definition) is 2. The van der Waals surface area contributed by atoms with Crippen molar-refractivity contribution in [1.82, 2.24) is 10.2 Å². The van der Waals surface area contributed by atoms with E-state index in [0.717, 1.165) is 22.4 Å². The molecule has 0 radical (unpaired) electrons. The molecule has 1 saturated heterocycles. The van der Waals surface area contributed by atoms with Crippen molar-refractivity contribution >= 4 is 23.5 Å². The maximum absolute atomic E-state index is 13.1. The number of fused-ring (bicyclic) bond motifs is 1. The number of imide groups is 1. The fourth-order valence-corrected chi connectivity index (χ4v) is 4.29. The first-order valence-electron chi connectivity index (χ1n) is 9.99. The summed E-state index contributed by atoms with van der Waals surface area (Å²) in [5.41, 5.74) is 3.06. The predicted molar refractivity (Wildman–Crippen MR) is 111 cm³/mol. The fraction of sp³-hybridized carbons (Fsp3) is 0.348. The molecule has 6 heteroatoms. The zero-order chi connectivity index (χ0) is 20.6. The number of benzene rings is 2. The number of aryl methyl sites for hydroxylation is 1. The molecule has 2 aliphatic rings. The van der Waals surface area contributed by atoms with E-state index in [9.17, 15) is 14.4 Å². The van der Waals surface area contributed by atoms with Gasteiger partial charge in [0.05, 0.1) is 0 Å². The molecule has 1 aliphatic heterocycles. The second kappa shape index (κ2) is 7.35. The van der Waals surface area contributed by atoms with E-state index in [2.05, 4.69) is 16.7 Å². The van der Waals surface area contributed by atoms with Crippen molar-refractivity contribution in [3.8, 4) is 0 Å². The standard InChI is InChI=1S/C23H25N3O3/c1-15(2)18-9-5-6-10-19(18)24-20(27)14-26-21(28)23(25-22(26)29)12-11-16-7-3-4-8-17(16)13-23/h3-10,15H,11-14H2,1-2H3,(H,24,27)(H,25,29). The second-order valence-corrected chi connectivity index (χ2v) is 8.14. The van der Waals surface area contributed by atoms with Gasteiger partial charge in [0.2, 0.25) is 5.91 Å². The minimum atomic E-state index is -0.943. The summed E-state index contributed by atoms with van der Waals surface area (Å²) < 4.78 is 0. The fourth-order valence-electron chi connectivity index (χ4n) is 4.29. The van der Waals surface area contributed by atoms with Crippen molar-refractivity contribution in [2.75, 3.05) is 11.9 Å². The highest BCUT2D eigenvalue weighted by Crippen LogP contribution is 2.33. The molecule has 150 valence electrons. The van der Waals surface area contributed by atoms with Crippen molar-refractivity contribution in [2.24, 2.45) is 0 Å². The second-order valence-electron chi connectivity index (χ2n) is 8.14. The van der Waals surface area contributed by atoms with Crippen LogP contribution in [0.1, 0.15) is 42.9 Å². The number of carbonyl (C=O) groups excluding carboxylic acids is 3. The minimum Gasteiger partial charge on any atom is -0.324 e. The molecule has 1 spiro atoms. The summed E-state index contributed by atoms with van der Waals surface area (Å²) in [7, 11) is 0. The van der Waals surface area contributed by atoms with E-state index >= 15 is 0 Å². The van der Waals surface area contributed by atoms with Gasteiger partial charge in [0, 0.05) is 12.1 Å². The summed E-state index contributed by atoms with van der Waals surface area (Å²) in [6, 6.07) is 15.0. The van der Waals surface area contributed by atoms with Crippen molar-refractivity contribution in [3.63, 3.8) is 0 Å². The maximum Gasteiger partial charge on any atom is 0.325 e. The van der Waals surface area contributed by atoms with Gasteiger partial charge in [-0.3, -0.25) is 14.5 Å². The molecule has 1 heterocycles. The molecule has 29 heavy (non-hydrogen) atoms. The molecule has 1 unspecified atom stereocenters. The Labute approximate surface area is 170 Å². The lowest BCUT2D eigenvalue weighted by Gasteiger charge is -2.32. The van der Waals surface area contributed by atoms with Gasteiger partial charge >= 0.3 is 6.03 Å². The Morgan fingerprint density at radius 1 is 1.10 bits per heavy atom. The monoisotopic (exact) mass is 391 g/mol. The van der Waals surface area contributed by atoms with Gasteiger partial charge in [0.1, 0.15) is 12.1 Å². The molecule has 0 saturated carbocycles. The van der Waals surface area contributed by atoms with Crippen LogP contribution in [0, 0.1) is 0 Å². The van der Waals surface area contributed by atoms with E-state index in [1.165, 1.54) is 5.56 Å². The van der Waals surface area contributed by atoms with E-state index in [1.807, 2.05) is 56.3 Å². The predicted octanol–water partition coefficient (Wildman–Crippen LogP) is 3.23. The molecule has 2 aromatic carbocycles. The van der Waals surface area contributed by atoms with Crippen LogP contribution in [0.4, 0.5) is 10.5 Å². The van der Waals surface area contributed by atoms with Gasteiger partial charge in [0.15, 0.2) is 0 Å². The van der Waals surface area contributed by atoms with Crippen LogP contribution in [0.15, 0.2) is 48.5 Å². The van der Waals surface area contributed by atoms with Gasteiger partial charge in [-0.15, -0.1) is 0 Å². The lowest BCUT2D eigenvalue weighted by molar-refractivity contribution is -0.134. The lowest BCUT2D eigenvalue weighted by atomic mass is 9.78. The zero-order valence-electron chi connectivity index (χ0n) is 16.7. The Kier molecular flexibility index (Phi) is 4.86. The molecule has 4 amide bonds. The highest BCUT2D eigenvalue weighted by molar-refractivity contribution is 6.10. The Bertz CT molecular complexity index is 985. The molecule has 0 bridgehead atoms. The molecule has 1 atom stereocenters. The van der Waals surface area contributed by atoms with Crippen molar-refractivity contribution in [3.05, 3.63) is 65.2 Å². The first-order valence-corrected chi connectivity index (χ1v) is 9.99. The third-order valence-corrected chi connectivity index (χ3v) is 5.84. The van der Waals surface area contributed by atoms with Crippen LogP contribution in [0.25, 0.3) is 0 Å². The van der Waals surface area contributed by atoms with Crippen LogP contribution in [-0.4, -0.2) is 34.8 Å².